The molecular weight excluding hydrogens is 294 g/mol. The molecule has 2 aromatic rings. The number of hydrogen-bond donors (Lipinski definition) is 2. The van der Waals surface area contributed by atoms with Crippen molar-refractivity contribution in [2.75, 3.05) is 5.32 Å². The monoisotopic (exact) mass is 309 g/mol. The van der Waals surface area contributed by atoms with E-state index in [4.69, 9.17) is 5.73 Å². The Labute approximate surface area is 127 Å². The lowest BCUT2D eigenvalue weighted by molar-refractivity contribution is -0.123. The number of rotatable bonds is 3. The van der Waals surface area contributed by atoms with Gasteiger partial charge in [-0.05, 0) is 43.5 Å². The first-order chi connectivity index (χ1) is 9.17. The molecule has 1 fully saturated rings. The van der Waals surface area contributed by atoms with Gasteiger partial charge in [-0.1, -0.05) is 0 Å². The first kappa shape index (κ1) is 15.0. The average molecular weight is 310 g/mol. The van der Waals surface area contributed by atoms with E-state index in [1.165, 1.54) is 0 Å². The fourth-order valence-corrected chi connectivity index (χ4v) is 2.75. The van der Waals surface area contributed by atoms with Gasteiger partial charge in [-0.3, -0.25) is 4.79 Å². The molecule has 0 bridgehead atoms. The molecule has 0 spiro atoms. The first-order valence-corrected chi connectivity index (χ1v) is 7.16. The van der Waals surface area contributed by atoms with E-state index >= 15 is 0 Å². The standard InChI is InChI=1S/C14H15N3OS.ClH/c15-14(6-1-7-14)13(18)17-11-4-2-10(3-5-11)12-16-8-9-19-12;/h2-5,8-9H,1,6-7,15H2,(H,17,18);1H. The van der Waals surface area contributed by atoms with Gasteiger partial charge in [0.15, 0.2) is 0 Å². The third-order valence-corrected chi connectivity index (χ3v) is 4.34. The normalized spacial score (nSPS) is 15.8. The molecule has 3 rings (SSSR count). The maximum Gasteiger partial charge on any atom is 0.244 e. The molecule has 1 heterocycles. The molecule has 6 heteroatoms. The molecule has 3 N–H and O–H groups in total. The number of nitrogens with one attached hydrogen (secondary N) is 1. The van der Waals surface area contributed by atoms with Crippen LogP contribution in [0.2, 0.25) is 0 Å². The first-order valence-electron chi connectivity index (χ1n) is 6.28. The molecule has 20 heavy (non-hydrogen) atoms. The number of anilines is 1. The lowest BCUT2D eigenvalue weighted by atomic mass is 9.77. The summed E-state index contributed by atoms with van der Waals surface area (Å²) in [5.41, 5.74) is 7.16. The number of hydrogen-bond acceptors (Lipinski definition) is 4. The molecule has 0 saturated heterocycles. The number of halogens is 1. The van der Waals surface area contributed by atoms with E-state index in [9.17, 15) is 4.79 Å². The van der Waals surface area contributed by atoms with Crippen molar-refractivity contribution < 1.29 is 4.79 Å². The molecule has 1 saturated carbocycles. The quantitative estimate of drug-likeness (QED) is 0.915. The van der Waals surface area contributed by atoms with Crippen LogP contribution in [0.5, 0.6) is 0 Å². The van der Waals surface area contributed by atoms with E-state index in [1.54, 1.807) is 17.5 Å². The number of nitrogens with zero attached hydrogens (tertiary/aromatic N) is 1. The number of carbonyl (C=O) groups excluding carboxylic acids is 1. The Morgan fingerprint density at radius 2 is 2.00 bits per heavy atom. The Morgan fingerprint density at radius 3 is 2.50 bits per heavy atom. The van der Waals surface area contributed by atoms with Crippen molar-refractivity contribution in [3.8, 4) is 10.6 Å². The molecule has 1 aliphatic carbocycles. The number of amides is 1. The highest BCUT2D eigenvalue weighted by atomic mass is 35.5. The Morgan fingerprint density at radius 1 is 1.30 bits per heavy atom. The predicted molar refractivity (Wildman–Crippen MR) is 84.2 cm³/mol. The molecule has 0 atom stereocenters. The maximum absolute atomic E-state index is 12.0. The number of nitrogens with two attached hydrogens (primary N) is 1. The van der Waals surface area contributed by atoms with Crippen LogP contribution in [0.25, 0.3) is 10.6 Å². The summed E-state index contributed by atoms with van der Waals surface area (Å²) >= 11 is 1.59. The minimum atomic E-state index is -0.659. The molecule has 0 aliphatic heterocycles. The zero-order valence-electron chi connectivity index (χ0n) is 10.8. The summed E-state index contributed by atoms with van der Waals surface area (Å²) in [5.74, 6) is -0.0826. The molecule has 106 valence electrons. The van der Waals surface area contributed by atoms with Crippen molar-refractivity contribution in [2.45, 2.75) is 24.8 Å². The highest BCUT2D eigenvalue weighted by Crippen LogP contribution is 2.30. The van der Waals surface area contributed by atoms with E-state index in [-0.39, 0.29) is 18.3 Å². The average Bonchev–Trinajstić information content (AvgIpc) is 2.90. The van der Waals surface area contributed by atoms with E-state index in [0.717, 1.165) is 35.5 Å². The van der Waals surface area contributed by atoms with E-state index in [2.05, 4.69) is 10.3 Å². The fraction of sp³-hybridized carbons (Fsp3) is 0.286. The second-order valence-electron chi connectivity index (χ2n) is 4.88. The summed E-state index contributed by atoms with van der Waals surface area (Å²) in [6, 6.07) is 7.68. The summed E-state index contributed by atoms with van der Waals surface area (Å²) in [4.78, 5) is 16.2. The molecule has 1 aromatic heterocycles. The second kappa shape index (κ2) is 5.91. The zero-order chi connectivity index (χ0) is 13.3. The van der Waals surface area contributed by atoms with Crippen molar-refractivity contribution in [3.63, 3.8) is 0 Å². The SMILES string of the molecule is Cl.NC1(C(=O)Nc2ccc(-c3nccs3)cc2)CCC1. The third kappa shape index (κ3) is 2.85. The van der Waals surface area contributed by atoms with Gasteiger partial charge in [0.2, 0.25) is 5.91 Å². The van der Waals surface area contributed by atoms with Crippen molar-refractivity contribution in [1.82, 2.24) is 4.98 Å². The van der Waals surface area contributed by atoms with Gasteiger partial charge in [0.1, 0.15) is 5.01 Å². The Kier molecular flexibility index (Phi) is 4.42. The van der Waals surface area contributed by atoms with E-state index in [0.29, 0.717) is 0 Å². The van der Waals surface area contributed by atoms with Crippen molar-refractivity contribution in [3.05, 3.63) is 35.8 Å². The Bertz CT molecular complexity index is 579. The Hall–Kier alpha value is -1.43. The van der Waals surface area contributed by atoms with Crippen LogP contribution < -0.4 is 11.1 Å². The van der Waals surface area contributed by atoms with Gasteiger partial charge < -0.3 is 11.1 Å². The number of carbonyl (C=O) groups is 1. The lowest BCUT2D eigenvalue weighted by Gasteiger charge is -2.36. The van der Waals surface area contributed by atoms with Crippen LogP contribution in [0.15, 0.2) is 35.8 Å². The van der Waals surface area contributed by atoms with Crippen LogP contribution in [0.4, 0.5) is 5.69 Å². The molecule has 1 aromatic carbocycles. The van der Waals surface area contributed by atoms with Crippen molar-refractivity contribution >= 4 is 35.3 Å². The molecule has 1 amide bonds. The minimum Gasteiger partial charge on any atom is -0.324 e. The van der Waals surface area contributed by atoms with E-state index < -0.39 is 5.54 Å². The van der Waals surface area contributed by atoms with Gasteiger partial charge >= 0.3 is 0 Å². The highest BCUT2D eigenvalue weighted by molar-refractivity contribution is 7.13. The fourth-order valence-electron chi connectivity index (χ4n) is 2.10. The van der Waals surface area contributed by atoms with Crippen LogP contribution in [0.3, 0.4) is 0 Å². The van der Waals surface area contributed by atoms with E-state index in [1.807, 2.05) is 29.6 Å². The second-order valence-corrected chi connectivity index (χ2v) is 5.77. The maximum atomic E-state index is 12.0. The smallest absolute Gasteiger partial charge is 0.244 e. The molecule has 1 aliphatic rings. The molecular formula is C14H16ClN3OS. The van der Waals surface area contributed by atoms with Crippen LogP contribution in [-0.2, 0) is 4.79 Å². The minimum absolute atomic E-state index is 0. The summed E-state index contributed by atoms with van der Waals surface area (Å²) < 4.78 is 0. The van der Waals surface area contributed by atoms with Crippen molar-refractivity contribution in [1.29, 1.82) is 0 Å². The molecule has 0 radical (unpaired) electrons. The van der Waals surface area contributed by atoms with Gasteiger partial charge in [0, 0.05) is 22.8 Å². The highest BCUT2D eigenvalue weighted by Gasteiger charge is 2.40. The van der Waals surface area contributed by atoms with Crippen LogP contribution in [-0.4, -0.2) is 16.4 Å². The van der Waals surface area contributed by atoms with Gasteiger partial charge in [0.25, 0.3) is 0 Å². The van der Waals surface area contributed by atoms with Gasteiger partial charge in [0.05, 0.1) is 5.54 Å². The zero-order valence-corrected chi connectivity index (χ0v) is 12.5. The molecule has 4 nitrogen and oxygen atoms in total. The van der Waals surface area contributed by atoms with Gasteiger partial charge in [-0.2, -0.15) is 0 Å². The number of aromatic nitrogens is 1. The number of thiazole rings is 1. The van der Waals surface area contributed by atoms with Gasteiger partial charge in [-0.15, -0.1) is 23.7 Å². The van der Waals surface area contributed by atoms with Crippen molar-refractivity contribution in [2.24, 2.45) is 5.73 Å². The predicted octanol–water partition coefficient (Wildman–Crippen LogP) is 3.05. The summed E-state index contributed by atoms with van der Waals surface area (Å²) in [6.07, 6.45) is 4.36. The lowest BCUT2D eigenvalue weighted by Crippen LogP contribution is -2.56. The largest absolute Gasteiger partial charge is 0.324 e. The van der Waals surface area contributed by atoms with Crippen LogP contribution >= 0.6 is 23.7 Å². The number of benzene rings is 1. The summed E-state index contributed by atoms with van der Waals surface area (Å²) in [6.45, 7) is 0. The van der Waals surface area contributed by atoms with Gasteiger partial charge in [-0.25, -0.2) is 4.98 Å². The summed E-state index contributed by atoms with van der Waals surface area (Å²) in [7, 11) is 0. The molecule has 0 unspecified atom stereocenters. The van der Waals surface area contributed by atoms with Crippen LogP contribution in [0.1, 0.15) is 19.3 Å². The summed E-state index contributed by atoms with van der Waals surface area (Å²) in [5, 5.41) is 5.80. The topological polar surface area (TPSA) is 68.0 Å². The third-order valence-electron chi connectivity index (χ3n) is 3.52. The van der Waals surface area contributed by atoms with Crippen LogP contribution in [0, 0.1) is 0 Å². The Balaban J connectivity index is 0.00000147.